The highest BCUT2D eigenvalue weighted by molar-refractivity contribution is 5.27. The minimum atomic E-state index is 0.693. The number of rotatable bonds is 4. The fourth-order valence-corrected chi connectivity index (χ4v) is 3.09. The first-order valence-corrected chi connectivity index (χ1v) is 6.88. The standard InChI is InChI=1S/C15H24N2/c1-4-8-17-15-6-5-13(12(15)3)14-10-16-9-7-11(14)2/h7,9-10,12-13,15,17H,4-6,8H2,1-3H3. The van der Waals surface area contributed by atoms with Crippen molar-refractivity contribution in [3.8, 4) is 0 Å². The monoisotopic (exact) mass is 232 g/mol. The molecule has 0 spiro atoms. The van der Waals surface area contributed by atoms with Crippen LogP contribution >= 0.6 is 0 Å². The van der Waals surface area contributed by atoms with Gasteiger partial charge in [-0.15, -0.1) is 0 Å². The summed E-state index contributed by atoms with van der Waals surface area (Å²) in [5.41, 5.74) is 2.86. The summed E-state index contributed by atoms with van der Waals surface area (Å²) in [5.74, 6) is 1.42. The van der Waals surface area contributed by atoms with Gasteiger partial charge in [-0.2, -0.15) is 0 Å². The molecule has 1 aliphatic rings. The van der Waals surface area contributed by atoms with Gasteiger partial charge in [0, 0.05) is 18.4 Å². The lowest BCUT2D eigenvalue weighted by Crippen LogP contribution is -2.32. The molecule has 1 aromatic rings. The van der Waals surface area contributed by atoms with Gasteiger partial charge < -0.3 is 5.32 Å². The van der Waals surface area contributed by atoms with E-state index in [0.717, 1.165) is 12.5 Å². The Kier molecular flexibility index (Phi) is 4.16. The maximum absolute atomic E-state index is 4.29. The van der Waals surface area contributed by atoms with Crippen molar-refractivity contribution in [3.63, 3.8) is 0 Å². The van der Waals surface area contributed by atoms with Crippen molar-refractivity contribution < 1.29 is 0 Å². The average Bonchev–Trinajstić information content (AvgIpc) is 2.69. The Balaban J connectivity index is 2.07. The van der Waals surface area contributed by atoms with Gasteiger partial charge in [0.2, 0.25) is 0 Å². The first-order valence-electron chi connectivity index (χ1n) is 6.88. The smallest absolute Gasteiger partial charge is 0.0305 e. The van der Waals surface area contributed by atoms with Crippen LogP contribution < -0.4 is 5.32 Å². The van der Waals surface area contributed by atoms with Gasteiger partial charge in [0.05, 0.1) is 0 Å². The van der Waals surface area contributed by atoms with Crippen LogP contribution in [0.3, 0.4) is 0 Å². The summed E-state index contributed by atoms with van der Waals surface area (Å²) in [6, 6.07) is 2.83. The molecule has 0 radical (unpaired) electrons. The van der Waals surface area contributed by atoms with Crippen molar-refractivity contribution in [2.75, 3.05) is 6.54 Å². The van der Waals surface area contributed by atoms with E-state index in [1.54, 1.807) is 0 Å². The summed E-state index contributed by atoms with van der Waals surface area (Å²) >= 11 is 0. The molecule has 2 rings (SSSR count). The van der Waals surface area contributed by atoms with Crippen molar-refractivity contribution in [1.82, 2.24) is 10.3 Å². The molecule has 2 nitrogen and oxygen atoms in total. The molecule has 0 bridgehead atoms. The van der Waals surface area contributed by atoms with E-state index in [1.807, 2.05) is 6.20 Å². The molecular weight excluding hydrogens is 208 g/mol. The third kappa shape index (κ3) is 2.68. The Labute approximate surface area is 105 Å². The van der Waals surface area contributed by atoms with Crippen molar-refractivity contribution in [2.24, 2.45) is 5.92 Å². The van der Waals surface area contributed by atoms with Crippen LogP contribution in [0.15, 0.2) is 18.5 Å². The van der Waals surface area contributed by atoms with E-state index in [-0.39, 0.29) is 0 Å². The third-order valence-corrected chi connectivity index (χ3v) is 4.19. The highest BCUT2D eigenvalue weighted by Crippen LogP contribution is 2.40. The van der Waals surface area contributed by atoms with E-state index in [0.29, 0.717) is 12.0 Å². The van der Waals surface area contributed by atoms with Gasteiger partial charge in [0.1, 0.15) is 0 Å². The number of hydrogen-bond donors (Lipinski definition) is 1. The molecule has 1 saturated carbocycles. The zero-order chi connectivity index (χ0) is 12.3. The van der Waals surface area contributed by atoms with Gasteiger partial charge in [-0.3, -0.25) is 4.98 Å². The van der Waals surface area contributed by atoms with Crippen molar-refractivity contribution in [3.05, 3.63) is 29.6 Å². The topological polar surface area (TPSA) is 24.9 Å². The summed E-state index contributed by atoms with van der Waals surface area (Å²) in [6.07, 6.45) is 7.79. The largest absolute Gasteiger partial charge is 0.314 e. The Bertz CT molecular complexity index is 362. The molecule has 2 heteroatoms. The molecule has 0 amide bonds. The highest BCUT2D eigenvalue weighted by atomic mass is 14.9. The minimum Gasteiger partial charge on any atom is -0.314 e. The molecule has 0 aromatic carbocycles. The Morgan fingerprint density at radius 2 is 2.24 bits per heavy atom. The van der Waals surface area contributed by atoms with Crippen molar-refractivity contribution >= 4 is 0 Å². The second-order valence-electron chi connectivity index (χ2n) is 5.34. The summed E-state index contributed by atoms with van der Waals surface area (Å²) in [4.78, 5) is 4.29. The molecule has 1 heterocycles. The van der Waals surface area contributed by atoms with Crippen LogP contribution in [0, 0.1) is 12.8 Å². The maximum atomic E-state index is 4.29. The van der Waals surface area contributed by atoms with E-state index >= 15 is 0 Å². The zero-order valence-corrected chi connectivity index (χ0v) is 11.2. The lowest BCUT2D eigenvalue weighted by Gasteiger charge is -2.22. The number of nitrogens with one attached hydrogen (secondary N) is 1. The SMILES string of the molecule is CCCNC1CCC(c2cnccc2C)C1C. The molecule has 1 aliphatic carbocycles. The van der Waals surface area contributed by atoms with Gasteiger partial charge in [0.15, 0.2) is 0 Å². The fourth-order valence-electron chi connectivity index (χ4n) is 3.09. The highest BCUT2D eigenvalue weighted by Gasteiger charge is 2.33. The van der Waals surface area contributed by atoms with E-state index in [1.165, 1.54) is 30.4 Å². The minimum absolute atomic E-state index is 0.693. The van der Waals surface area contributed by atoms with Gasteiger partial charge >= 0.3 is 0 Å². The first-order chi connectivity index (χ1) is 8.24. The van der Waals surface area contributed by atoms with Gasteiger partial charge in [-0.1, -0.05) is 13.8 Å². The fraction of sp³-hybridized carbons (Fsp3) is 0.667. The van der Waals surface area contributed by atoms with Crippen LogP contribution in [0.4, 0.5) is 0 Å². The predicted octanol–water partition coefficient (Wildman–Crippen LogP) is 3.27. The van der Waals surface area contributed by atoms with Gasteiger partial charge in [0.25, 0.3) is 0 Å². The zero-order valence-electron chi connectivity index (χ0n) is 11.2. The third-order valence-electron chi connectivity index (χ3n) is 4.19. The van der Waals surface area contributed by atoms with Gasteiger partial charge in [-0.05, 0) is 61.8 Å². The normalized spacial score (nSPS) is 28.5. The number of nitrogens with zero attached hydrogens (tertiary/aromatic N) is 1. The molecule has 1 aromatic heterocycles. The van der Waals surface area contributed by atoms with E-state index in [2.05, 4.69) is 43.3 Å². The van der Waals surface area contributed by atoms with Crippen LogP contribution in [0.25, 0.3) is 0 Å². The molecular formula is C15H24N2. The summed E-state index contributed by atoms with van der Waals surface area (Å²) in [7, 11) is 0. The van der Waals surface area contributed by atoms with Crippen LogP contribution in [0.2, 0.25) is 0 Å². The lowest BCUT2D eigenvalue weighted by atomic mass is 9.87. The summed E-state index contributed by atoms with van der Waals surface area (Å²) in [5, 5.41) is 3.68. The number of hydrogen-bond acceptors (Lipinski definition) is 2. The van der Waals surface area contributed by atoms with E-state index in [9.17, 15) is 0 Å². The Morgan fingerprint density at radius 1 is 1.41 bits per heavy atom. The Hall–Kier alpha value is -0.890. The van der Waals surface area contributed by atoms with Crippen LogP contribution in [0.1, 0.15) is 50.2 Å². The van der Waals surface area contributed by atoms with E-state index < -0.39 is 0 Å². The average molecular weight is 232 g/mol. The van der Waals surface area contributed by atoms with Crippen LogP contribution in [-0.4, -0.2) is 17.6 Å². The molecule has 0 aliphatic heterocycles. The van der Waals surface area contributed by atoms with Gasteiger partial charge in [-0.25, -0.2) is 0 Å². The lowest BCUT2D eigenvalue weighted by molar-refractivity contribution is 0.404. The molecule has 3 atom stereocenters. The van der Waals surface area contributed by atoms with Crippen LogP contribution in [-0.2, 0) is 0 Å². The first kappa shape index (κ1) is 12.6. The molecule has 94 valence electrons. The quantitative estimate of drug-likeness (QED) is 0.862. The number of pyridine rings is 1. The molecule has 17 heavy (non-hydrogen) atoms. The second-order valence-corrected chi connectivity index (χ2v) is 5.34. The summed E-state index contributed by atoms with van der Waals surface area (Å²) < 4.78 is 0. The molecule has 1 fully saturated rings. The van der Waals surface area contributed by atoms with Crippen molar-refractivity contribution in [1.29, 1.82) is 0 Å². The molecule has 1 N–H and O–H groups in total. The predicted molar refractivity (Wildman–Crippen MR) is 72.2 cm³/mol. The number of aryl methyl sites for hydroxylation is 1. The maximum Gasteiger partial charge on any atom is 0.0305 e. The summed E-state index contributed by atoms with van der Waals surface area (Å²) in [6.45, 7) is 7.97. The van der Waals surface area contributed by atoms with Crippen molar-refractivity contribution in [2.45, 2.75) is 52.0 Å². The van der Waals surface area contributed by atoms with E-state index in [4.69, 9.17) is 0 Å². The Morgan fingerprint density at radius 3 is 2.94 bits per heavy atom. The van der Waals surface area contributed by atoms with Crippen LogP contribution in [0.5, 0.6) is 0 Å². The number of aromatic nitrogens is 1. The molecule has 3 unspecified atom stereocenters. The second kappa shape index (κ2) is 5.63. The molecule has 0 saturated heterocycles.